The van der Waals surface area contributed by atoms with Gasteiger partial charge in [0.2, 0.25) is 0 Å². The molecule has 0 radical (unpaired) electrons. The molecule has 0 aliphatic heterocycles. The highest BCUT2D eigenvalue weighted by Gasteiger charge is 2.29. The Balaban J connectivity index is 2.15. The van der Waals surface area contributed by atoms with Gasteiger partial charge in [-0.05, 0) is 34.8 Å². The van der Waals surface area contributed by atoms with Crippen LogP contribution in [0.25, 0.3) is 0 Å². The molecular weight excluding hydrogens is 276 g/mol. The molecule has 1 aliphatic rings. The Labute approximate surface area is 101 Å². The van der Waals surface area contributed by atoms with Crippen LogP contribution in [0.5, 0.6) is 5.75 Å². The summed E-state index contributed by atoms with van der Waals surface area (Å²) in [6.45, 7) is 0. The topological polar surface area (TPSA) is 78.4 Å². The molecule has 86 valence electrons. The van der Waals surface area contributed by atoms with Crippen molar-refractivity contribution in [2.75, 3.05) is 0 Å². The first-order chi connectivity index (χ1) is 7.58. The zero-order chi connectivity index (χ0) is 11.7. The van der Waals surface area contributed by atoms with Gasteiger partial charge in [0, 0.05) is 12.1 Å². The number of halogens is 1. The number of benzene rings is 1. The maximum absolute atomic E-state index is 10.7. The van der Waals surface area contributed by atoms with Crippen LogP contribution in [0.15, 0.2) is 22.7 Å². The minimum absolute atomic E-state index is 0.0149. The summed E-state index contributed by atoms with van der Waals surface area (Å²) in [6, 6.07) is 4.95. The Hall–Kier alpha value is -1.14. The molecule has 2 N–H and O–H groups in total. The summed E-state index contributed by atoms with van der Waals surface area (Å²) < 4.78 is 6.00. The molecule has 0 spiro atoms. The average Bonchev–Trinajstić information content (AvgIpc) is 2.18. The lowest BCUT2D eigenvalue weighted by Crippen LogP contribution is -2.43. The monoisotopic (exact) mass is 286 g/mol. The van der Waals surface area contributed by atoms with Crippen LogP contribution >= 0.6 is 15.9 Å². The quantitative estimate of drug-likeness (QED) is 0.683. The van der Waals surface area contributed by atoms with E-state index in [1.165, 1.54) is 6.07 Å². The second kappa shape index (κ2) is 4.39. The van der Waals surface area contributed by atoms with E-state index in [-0.39, 0.29) is 17.8 Å². The molecule has 0 heterocycles. The molecule has 6 heteroatoms. The van der Waals surface area contributed by atoms with Gasteiger partial charge in [-0.2, -0.15) is 0 Å². The molecule has 0 saturated heterocycles. The summed E-state index contributed by atoms with van der Waals surface area (Å²) in [6.07, 6.45) is 1.68. The van der Waals surface area contributed by atoms with Crippen LogP contribution in [0.4, 0.5) is 5.69 Å². The molecule has 2 rings (SSSR count). The van der Waals surface area contributed by atoms with Gasteiger partial charge >= 0.3 is 0 Å². The van der Waals surface area contributed by atoms with Crippen molar-refractivity contribution in [2.45, 2.75) is 25.0 Å². The molecule has 1 saturated carbocycles. The van der Waals surface area contributed by atoms with Gasteiger partial charge < -0.3 is 10.5 Å². The normalized spacial score (nSPS) is 23.6. The Bertz CT molecular complexity index is 419. The fourth-order valence-electron chi connectivity index (χ4n) is 1.61. The molecule has 16 heavy (non-hydrogen) atoms. The molecule has 1 fully saturated rings. The van der Waals surface area contributed by atoms with Gasteiger partial charge in [-0.3, -0.25) is 10.1 Å². The number of nitro groups is 1. The summed E-state index contributed by atoms with van der Waals surface area (Å²) in [7, 11) is 0. The molecule has 1 aromatic rings. The zero-order valence-corrected chi connectivity index (χ0v) is 10.0. The predicted octanol–water partition coefficient (Wildman–Crippen LogP) is 2.23. The Morgan fingerprint density at radius 1 is 1.50 bits per heavy atom. The average molecular weight is 287 g/mol. The fraction of sp³-hybridized carbons (Fsp3) is 0.400. The number of nitrogens with zero attached hydrogens (tertiary/aromatic N) is 1. The number of rotatable bonds is 3. The molecule has 1 aliphatic carbocycles. The van der Waals surface area contributed by atoms with Gasteiger partial charge in [-0.25, -0.2) is 0 Å². The summed E-state index contributed by atoms with van der Waals surface area (Å²) in [5.74, 6) is 0.506. The third-order valence-corrected chi connectivity index (χ3v) is 3.36. The van der Waals surface area contributed by atoms with Gasteiger partial charge in [-0.15, -0.1) is 0 Å². The van der Waals surface area contributed by atoms with E-state index in [1.54, 1.807) is 12.1 Å². The van der Waals surface area contributed by atoms with Crippen molar-refractivity contribution in [3.63, 3.8) is 0 Å². The molecule has 0 atom stereocenters. The number of nitro benzene ring substituents is 1. The lowest BCUT2D eigenvalue weighted by molar-refractivity contribution is -0.385. The van der Waals surface area contributed by atoms with Crippen molar-refractivity contribution >= 4 is 21.6 Å². The predicted molar refractivity (Wildman–Crippen MR) is 62.4 cm³/mol. The van der Waals surface area contributed by atoms with E-state index in [9.17, 15) is 10.1 Å². The Kier molecular flexibility index (Phi) is 3.11. The third kappa shape index (κ3) is 2.17. The van der Waals surface area contributed by atoms with E-state index in [0.29, 0.717) is 10.2 Å². The van der Waals surface area contributed by atoms with E-state index in [4.69, 9.17) is 10.5 Å². The van der Waals surface area contributed by atoms with Crippen LogP contribution in [0.3, 0.4) is 0 Å². The van der Waals surface area contributed by atoms with Crippen LogP contribution in [-0.4, -0.2) is 17.1 Å². The van der Waals surface area contributed by atoms with Gasteiger partial charge in [0.25, 0.3) is 5.69 Å². The van der Waals surface area contributed by atoms with Crippen molar-refractivity contribution in [3.05, 3.63) is 32.8 Å². The number of hydrogen-bond acceptors (Lipinski definition) is 4. The molecule has 0 amide bonds. The second-order valence-corrected chi connectivity index (χ2v) is 4.61. The summed E-state index contributed by atoms with van der Waals surface area (Å²) in [5, 5.41) is 10.7. The Morgan fingerprint density at radius 3 is 2.75 bits per heavy atom. The van der Waals surface area contributed by atoms with Gasteiger partial charge in [0.15, 0.2) is 0 Å². The SMILES string of the molecule is NC1CC(Oc2cccc([N+](=O)[O-])c2Br)C1. The highest BCUT2D eigenvalue weighted by atomic mass is 79.9. The molecule has 0 bridgehead atoms. The smallest absolute Gasteiger partial charge is 0.287 e. The Morgan fingerprint density at radius 2 is 2.19 bits per heavy atom. The molecular formula is C10H11BrN2O3. The van der Waals surface area contributed by atoms with Crippen molar-refractivity contribution in [3.8, 4) is 5.75 Å². The second-order valence-electron chi connectivity index (χ2n) is 3.82. The number of hydrogen-bond donors (Lipinski definition) is 1. The van der Waals surface area contributed by atoms with Crippen molar-refractivity contribution in [1.29, 1.82) is 0 Å². The van der Waals surface area contributed by atoms with Crippen molar-refractivity contribution in [1.82, 2.24) is 0 Å². The number of ether oxygens (including phenoxy) is 1. The lowest BCUT2D eigenvalue weighted by atomic mass is 9.90. The van der Waals surface area contributed by atoms with Crippen LogP contribution < -0.4 is 10.5 Å². The standard InChI is InChI=1S/C10H11BrN2O3/c11-10-8(13(14)15)2-1-3-9(10)16-7-4-6(12)5-7/h1-3,6-7H,4-5,12H2. The number of nitrogens with two attached hydrogens (primary N) is 1. The highest BCUT2D eigenvalue weighted by molar-refractivity contribution is 9.10. The maximum Gasteiger partial charge on any atom is 0.287 e. The van der Waals surface area contributed by atoms with Crippen LogP contribution in [0, 0.1) is 10.1 Å². The largest absolute Gasteiger partial charge is 0.489 e. The first kappa shape index (κ1) is 11.3. The summed E-state index contributed by atoms with van der Waals surface area (Å²) in [4.78, 5) is 10.3. The zero-order valence-electron chi connectivity index (χ0n) is 8.43. The lowest BCUT2D eigenvalue weighted by Gasteiger charge is -2.32. The van der Waals surface area contributed by atoms with E-state index in [2.05, 4.69) is 15.9 Å². The van der Waals surface area contributed by atoms with Crippen LogP contribution in [-0.2, 0) is 0 Å². The first-order valence-electron chi connectivity index (χ1n) is 4.93. The fourth-order valence-corrected chi connectivity index (χ4v) is 2.12. The van der Waals surface area contributed by atoms with Gasteiger partial charge in [0.1, 0.15) is 16.3 Å². The van der Waals surface area contributed by atoms with Crippen molar-refractivity contribution in [2.24, 2.45) is 5.73 Å². The van der Waals surface area contributed by atoms with Gasteiger partial charge in [0.05, 0.1) is 4.92 Å². The van der Waals surface area contributed by atoms with Crippen LogP contribution in [0.2, 0.25) is 0 Å². The maximum atomic E-state index is 10.7. The van der Waals surface area contributed by atoms with E-state index >= 15 is 0 Å². The van der Waals surface area contributed by atoms with E-state index in [0.717, 1.165) is 12.8 Å². The van der Waals surface area contributed by atoms with Crippen molar-refractivity contribution < 1.29 is 9.66 Å². The summed E-state index contributed by atoms with van der Waals surface area (Å²) >= 11 is 3.18. The molecule has 5 nitrogen and oxygen atoms in total. The minimum atomic E-state index is -0.441. The van der Waals surface area contributed by atoms with Crippen LogP contribution in [0.1, 0.15) is 12.8 Å². The minimum Gasteiger partial charge on any atom is -0.489 e. The molecule has 1 aromatic carbocycles. The molecule has 0 aromatic heterocycles. The summed E-state index contributed by atoms with van der Waals surface area (Å²) in [5.41, 5.74) is 5.65. The van der Waals surface area contributed by atoms with E-state index in [1.807, 2.05) is 0 Å². The highest BCUT2D eigenvalue weighted by Crippen LogP contribution is 2.36. The van der Waals surface area contributed by atoms with E-state index < -0.39 is 4.92 Å². The first-order valence-corrected chi connectivity index (χ1v) is 5.72. The molecule has 0 unspecified atom stereocenters. The van der Waals surface area contributed by atoms with Gasteiger partial charge in [-0.1, -0.05) is 6.07 Å². The third-order valence-electron chi connectivity index (χ3n) is 2.56.